The van der Waals surface area contributed by atoms with Crippen molar-refractivity contribution >= 4 is 22.5 Å². The van der Waals surface area contributed by atoms with Crippen LogP contribution in [0.4, 0.5) is 0 Å². The molecule has 2 heteroatoms. The summed E-state index contributed by atoms with van der Waals surface area (Å²) in [6.45, 7) is 2.16. The van der Waals surface area contributed by atoms with Crippen LogP contribution in [0.2, 0.25) is 5.02 Å². The summed E-state index contributed by atoms with van der Waals surface area (Å²) in [7, 11) is 0. The van der Waals surface area contributed by atoms with Crippen LogP contribution in [-0.2, 0) is 19.3 Å². The zero-order valence-corrected chi connectivity index (χ0v) is 10.1. The first-order valence-corrected chi connectivity index (χ1v) is 6.27. The predicted octanol–water partition coefficient (Wildman–Crippen LogP) is 3.94. The van der Waals surface area contributed by atoms with Crippen molar-refractivity contribution in [1.29, 1.82) is 0 Å². The maximum Gasteiger partial charge on any atom is 0.0720 e. The number of aromatic nitrogens is 1. The summed E-state index contributed by atoms with van der Waals surface area (Å²) in [5.41, 5.74) is 4.86. The minimum Gasteiger partial charge on any atom is -0.252 e. The Morgan fingerprint density at radius 1 is 1.31 bits per heavy atom. The smallest absolute Gasteiger partial charge is 0.0720 e. The van der Waals surface area contributed by atoms with Crippen LogP contribution in [0.5, 0.6) is 0 Å². The van der Waals surface area contributed by atoms with Crippen molar-refractivity contribution in [1.82, 2.24) is 4.98 Å². The molecule has 0 saturated carbocycles. The highest BCUT2D eigenvalue weighted by atomic mass is 35.5. The molecule has 0 bridgehead atoms. The van der Waals surface area contributed by atoms with E-state index in [1.54, 1.807) is 0 Å². The molecule has 0 amide bonds. The molecule has 0 spiro atoms. The van der Waals surface area contributed by atoms with Crippen molar-refractivity contribution in [3.63, 3.8) is 0 Å². The van der Waals surface area contributed by atoms with Gasteiger partial charge in [0.05, 0.1) is 10.5 Å². The average molecular weight is 232 g/mol. The van der Waals surface area contributed by atoms with E-state index in [1.165, 1.54) is 23.2 Å². The third-order valence-electron chi connectivity index (χ3n) is 3.41. The van der Waals surface area contributed by atoms with E-state index in [4.69, 9.17) is 16.6 Å². The van der Waals surface area contributed by atoms with Crippen molar-refractivity contribution in [2.45, 2.75) is 32.6 Å². The molecule has 16 heavy (non-hydrogen) atoms. The lowest BCUT2D eigenvalue weighted by Gasteiger charge is -2.07. The van der Waals surface area contributed by atoms with Gasteiger partial charge in [-0.25, -0.2) is 0 Å². The van der Waals surface area contributed by atoms with Gasteiger partial charge in [-0.3, -0.25) is 4.98 Å². The molecule has 1 aliphatic rings. The largest absolute Gasteiger partial charge is 0.252 e. The van der Waals surface area contributed by atoms with Crippen molar-refractivity contribution in [3.8, 4) is 0 Å². The van der Waals surface area contributed by atoms with E-state index < -0.39 is 0 Å². The fourth-order valence-corrected chi connectivity index (χ4v) is 2.83. The van der Waals surface area contributed by atoms with Crippen molar-refractivity contribution < 1.29 is 0 Å². The molecule has 1 nitrogen and oxygen atoms in total. The number of nitrogens with zero attached hydrogens (tertiary/aromatic N) is 1. The Bertz CT molecular complexity index is 560. The van der Waals surface area contributed by atoms with E-state index in [1.807, 2.05) is 0 Å². The van der Waals surface area contributed by atoms with Crippen molar-refractivity contribution in [2.24, 2.45) is 0 Å². The van der Waals surface area contributed by atoms with Gasteiger partial charge in [-0.2, -0.15) is 0 Å². The molecular weight excluding hydrogens is 218 g/mol. The zero-order valence-electron chi connectivity index (χ0n) is 9.39. The monoisotopic (exact) mass is 231 g/mol. The van der Waals surface area contributed by atoms with Gasteiger partial charge in [-0.05, 0) is 48.9 Å². The van der Waals surface area contributed by atoms with Crippen LogP contribution in [-0.4, -0.2) is 4.98 Å². The number of fused-ring (bicyclic) bond motifs is 2. The molecule has 1 aromatic carbocycles. The van der Waals surface area contributed by atoms with Crippen LogP contribution in [0.15, 0.2) is 18.2 Å². The van der Waals surface area contributed by atoms with Crippen LogP contribution in [0.25, 0.3) is 10.9 Å². The van der Waals surface area contributed by atoms with Gasteiger partial charge < -0.3 is 0 Å². The zero-order chi connectivity index (χ0) is 11.1. The highest BCUT2D eigenvalue weighted by Gasteiger charge is 2.18. The van der Waals surface area contributed by atoms with Gasteiger partial charge in [0.2, 0.25) is 0 Å². The van der Waals surface area contributed by atoms with Crippen LogP contribution in [0.3, 0.4) is 0 Å². The molecule has 0 aliphatic heterocycles. The van der Waals surface area contributed by atoms with Crippen LogP contribution in [0.1, 0.15) is 30.2 Å². The molecule has 1 heterocycles. The number of rotatable bonds is 1. The molecule has 82 valence electrons. The summed E-state index contributed by atoms with van der Waals surface area (Å²) in [5.74, 6) is 0. The molecule has 0 N–H and O–H groups in total. The number of aryl methyl sites for hydroxylation is 2. The molecule has 3 rings (SSSR count). The number of hydrogen-bond donors (Lipinski definition) is 0. The fourth-order valence-electron chi connectivity index (χ4n) is 2.47. The first kappa shape index (κ1) is 10.1. The van der Waals surface area contributed by atoms with Gasteiger partial charge in [0.1, 0.15) is 0 Å². The van der Waals surface area contributed by atoms with Gasteiger partial charge in [-0.1, -0.05) is 24.6 Å². The molecule has 1 aromatic heterocycles. The first-order chi connectivity index (χ1) is 7.79. The van der Waals surface area contributed by atoms with Gasteiger partial charge in [0, 0.05) is 11.1 Å². The second-order valence-corrected chi connectivity index (χ2v) is 4.79. The highest BCUT2D eigenvalue weighted by Crippen LogP contribution is 2.33. The molecule has 0 unspecified atom stereocenters. The van der Waals surface area contributed by atoms with Gasteiger partial charge in [0.15, 0.2) is 0 Å². The van der Waals surface area contributed by atoms with E-state index in [0.29, 0.717) is 0 Å². The lowest BCUT2D eigenvalue weighted by atomic mass is 10.1. The normalized spacial score (nSPS) is 14.4. The lowest BCUT2D eigenvalue weighted by molar-refractivity contribution is 0.901. The number of benzene rings is 1. The fraction of sp³-hybridized carbons (Fsp3) is 0.357. The number of halogens is 1. The highest BCUT2D eigenvalue weighted by molar-refractivity contribution is 6.36. The first-order valence-electron chi connectivity index (χ1n) is 5.89. The average Bonchev–Trinajstić information content (AvgIpc) is 2.77. The summed E-state index contributed by atoms with van der Waals surface area (Å²) in [6.07, 6.45) is 4.41. The summed E-state index contributed by atoms with van der Waals surface area (Å²) < 4.78 is 0. The van der Waals surface area contributed by atoms with Crippen LogP contribution in [0, 0.1) is 0 Å². The van der Waals surface area contributed by atoms with Gasteiger partial charge in [0.25, 0.3) is 0 Å². The molecule has 0 radical (unpaired) electrons. The maximum absolute atomic E-state index is 6.48. The Kier molecular flexibility index (Phi) is 2.36. The molecular formula is C14H14ClN. The Balaban J connectivity index is 2.33. The maximum atomic E-state index is 6.48. The predicted molar refractivity (Wildman–Crippen MR) is 68.2 cm³/mol. The van der Waals surface area contributed by atoms with E-state index in [9.17, 15) is 0 Å². The van der Waals surface area contributed by atoms with Crippen LogP contribution >= 0.6 is 11.6 Å². The minimum absolute atomic E-state index is 0.938. The molecule has 2 aromatic rings. The SMILES string of the molecule is CCc1ccc2nc3c(c(Cl)c2c1)CCC3. The van der Waals surface area contributed by atoms with E-state index >= 15 is 0 Å². The topological polar surface area (TPSA) is 12.9 Å². The quantitative estimate of drug-likeness (QED) is 0.725. The third-order valence-corrected chi connectivity index (χ3v) is 3.85. The Morgan fingerprint density at radius 2 is 2.19 bits per heavy atom. The van der Waals surface area contributed by atoms with E-state index in [0.717, 1.165) is 35.2 Å². The minimum atomic E-state index is 0.938. The van der Waals surface area contributed by atoms with Crippen molar-refractivity contribution in [2.75, 3.05) is 0 Å². The second kappa shape index (κ2) is 3.74. The standard InChI is InChI=1S/C14H14ClN/c1-2-9-6-7-13-11(8-9)14(15)10-4-3-5-12(10)16-13/h6-8H,2-5H2,1H3. The van der Waals surface area contributed by atoms with Gasteiger partial charge >= 0.3 is 0 Å². The molecule has 0 saturated heterocycles. The summed E-state index contributed by atoms with van der Waals surface area (Å²) >= 11 is 6.48. The summed E-state index contributed by atoms with van der Waals surface area (Å²) in [5, 5.41) is 2.06. The van der Waals surface area contributed by atoms with Crippen molar-refractivity contribution in [3.05, 3.63) is 40.0 Å². The third kappa shape index (κ3) is 1.42. The summed E-state index contributed by atoms with van der Waals surface area (Å²) in [6, 6.07) is 6.43. The second-order valence-electron chi connectivity index (χ2n) is 4.41. The summed E-state index contributed by atoms with van der Waals surface area (Å²) in [4.78, 5) is 4.71. The number of hydrogen-bond acceptors (Lipinski definition) is 1. The molecule has 0 fully saturated rings. The lowest BCUT2D eigenvalue weighted by Crippen LogP contribution is -1.92. The van der Waals surface area contributed by atoms with E-state index in [2.05, 4.69) is 25.1 Å². The van der Waals surface area contributed by atoms with E-state index in [-0.39, 0.29) is 0 Å². The molecule has 1 aliphatic carbocycles. The van der Waals surface area contributed by atoms with Gasteiger partial charge in [-0.15, -0.1) is 0 Å². The number of pyridine rings is 1. The van der Waals surface area contributed by atoms with Crippen LogP contribution < -0.4 is 0 Å². The molecule has 0 atom stereocenters. The Labute approximate surface area is 100 Å². The Hall–Kier alpha value is -1.08. The Morgan fingerprint density at radius 3 is 3.00 bits per heavy atom.